The van der Waals surface area contributed by atoms with Crippen LogP contribution in [0.1, 0.15) is 69.7 Å². The van der Waals surface area contributed by atoms with Crippen molar-refractivity contribution in [2.45, 2.75) is 60.8 Å². The lowest BCUT2D eigenvalue weighted by atomic mass is 9.91. The van der Waals surface area contributed by atoms with E-state index < -0.39 is 0 Å². The molecule has 0 radical (unpaired) electrons. The highest BCUT2D eigenvalue weighted by molar-refractivity contribution is 5.99. The molecule has 0 atom stereocenters. The highest BCUT2D eigenvalue weighted by Gasteiger charge is 2.14. The maximum absolute atomic E-state index is 5.19. The van der Waals surface area contributed by atoms with Gasteiger partial charge in [0.25, 0.3) is 0 Å². The number of allylic oxidation sites excluding steroid dienone is 10. The molecule has 320 valence electrons. The SMILES string of the molecule is C=C/C=C\C.C=C/C=C\C.CC.CC(=N/C(=C\Cc1ccccc1)C1=CCCC(c2ccc(-c3ccc(N(C)c4ccccc4-c4cccc(C)c4)cc3)cc2)=C1)c1ccccc1. The van der Waals surface area contributed by atoms with Crippen molar-refractivity contribution in [3.63, 3.8) is 0 Å². The van der Waals surface area contributed by atoms with Crippen LogP contribution in [0.3, 0.4) is 0 Å². The van der Waals surface area contributed by atoms with Crippen LogP contribution in [0.15, 0.2) is 242 Å². The van der Waals surface area contributed by atoms with Crippen LogP contribution in [0, 0.1) is 6.92 Å². The number of benzene rings is 6. The van der Waals surface area contributed by atoms with Crippen LogP contribution in [-0.4, -0.2) is 12.8 Å². The average Bonchev–Trinajstić information content (AvgIpc) is 3.35. The van der Waals surface area contributed by atoms with Gasteiger partial charge < -0.3 is 4.90 Å². The first-order valence-corrected chi connectivity index (χ1v) is 22.2. The Kier molecular flexibility index (Phi) is 20.9. The molecule has 2 nitrogen and oxygen atoms in total. The molecule has 0 unspecified atom stereocenters. The molecule has 0 fully saturated rings. The van der Waals surface area contributed by atoms with Crippen molar-refractivity contribution in [3.05, 3.63) is 259 Å². The van der Waals surface area contributed by atoms with E-state index in [4.69, 9.17) is 4.99 Å². The molecule has 63 heavy (non-hydrogen) atoms. The molecule has 0 saturated heterocycles. The van der Waals surface area contributed by atoms with Gasteiger partial charge in [-0.2, -0.15) is 0 Å². The Morgan fingerprint density at radius 3 is 1.81 bits per heavy atom. The number of nitrogens with zero attached hydrogens (tertiary/aromatic N) is 2. The monoisotopic (exact) mass is 827 g/mol. The van der Waals surface area contributed by atoms with Gasteiger partial charge >= 0.3 is 0 Å². The summed E-state index contributed by atoms with van der Waals surface area (Å²) in [5.41, 5.74) is 16.8. The van der Waals surface area contributed by atoms with E-state index in [1.807, 2.05) is 52.0 Å². The Balaban J connectivity index is 0.000000647. The number of anilines is 2. The smallest absolute Gasteiger partial charge is 0.0665 e. The zero-order chi connectivity index (χ0) is 45.2. The van der Waals surface area contributed by atoms with Gasteiger partial charge in [-0.3, -0.25) is 4.99 Å². The maximum Gasteiger partial charge on any atom is 0.0665 e. The summed E-state index contributed by atoms with van der Waals surface area (Å²) in [6, 6.07) is 56.4. The molecule has 0 saturated carbocycles. The van der Waals surface area contributed by atoms with E-state index >= 15 is 0 Å². The Labute approximate surface area is 380 Å². The van der Waals surface area contributed by atoms with Crippen molar-refractivity contribution in [1.82, 2.24) is 0 Å². The normalized spacial score (nSPS) is 12.4. The molecule has 0 bridgehead atoms. The number of rotatable bonds is 12. The van der Waals surface area contributed by atoms with Crippen LogP contribution < -0.4 is 4.90 Å². The van der Waals surface area contributed by atoms with Crippen LogP contribution in [0.2, 0.25) is 0 Å². The summed E-state index contributed by atoms with van der Waals surface area (Å²) >= 11 is 0. The van der Waals surface area contributed by atoms with Crippen molar-refractivity contribution in [3.8, 4) is 22.3 Å². The maximum atomic E-state index is 5.19. The van der Waals surface area contributed by atoms with E-state index in [1.54, 1.807) is 12.2 Å². The van der Waals surface area contributed by atoms with E-state index in [-0.39, 0.29) is 0 Å². The van der Waals surface area contributed by atoms with E-state index in [9.17, 15) is 0 Å². The van der Waals surface area contributed by atoms with Crippen LogP contribution in [-0.2, 0) is 6.42 Å². The zero-order valence-corrected chi connectivity index (χ0v) is 38.6. The van der Waals surface area contributed by atoms with Gasteiger partial charge in [0.05, 0.1) is 5.70 Å². The highest BCUT2D eigenvalue weighted by Crippen LogP contribution is 2.36. The van der Waals surface area contributed by atoms with E-state index in [1.165, 1.54) is 55.8 Å². The molecule has 1 aliphatic carbocycles. The Morgan fingerprint density at radius 2 is 1.22 bits per heavy atom. The van der Waals surface area contributed by atoms with Crippen LogP contribution >= 0.6 is 0 Å². The number of aliphatic imine (C=N–C) groups is 1. The topological polar surface area (TPSA) is 15.6 Å². The van der Waals surface area contributed by atoms with Gasteiger partial charge in [-0.15, -0.1) is 0 Å². The second-order valence-electron chi connectivity index (χ2n) is 14.8. The van der Waals surface area contributed by atoms with E-state index in [2.05, 4.69) is 215 Å². The molecule has 7 rings (SSSR count). The summed E-state index contributed by atoms with van der Waals surface area (Å²) in [4.78, 5) is 7.47. The predicted octanol–water partition coefficient (Wildman–Crippen LogP) is 17.4. The third-order valence-corrected chi connectivity index (χ3v) is 10.4. The molecule has 0 aliphatic heterocycles. The highest BCUT2D eigenvalue weighted by atomic mass is 15.1. The molecule has 6 aromatic carbocycles. The zero-order valence-electron chi connectivity index (χ0n) is 38.6. The van der Waals surface area contributed by atoms with Crippen molar-refractivity contribution in [2.24, 2.45) is 4.99 Å². The molecular weight excluding hydrogens is 761 g/mol. The third-order valence-electron chi connectivity index (χ3n) is 10.4. The summed E-state index contributed by atoms with van der Waals surface area (Å²) < 4.78 is 0. The molecule has 2 heteroatoms. The largest absolute Gasteiger partial charge is 0.344 e. The summed E-state index contributed by atoms with van der Waals surface area (Å²) in [6.07, 6.45) is 21.0. The van der Waals surface area contributed by atoms with Gasteiger partial charge in [-0.25, -0.2) is 0 Å². The van der Waals surface area contributed by atoms with Gasteiger partial charge in [0.1, 0.15) is 0 Å². The van der Waals surface area contributed by atoms with Gasteiger partial charge in [-0.05, 0) is 116 Å². The predicted molar refractivity (Wildman–Crippen MR) is 280 cm³/mol. The van der Waals surface area contributed by atoms with Crippen molar-refractivity contribution < 1.29 is 0 Å². The third kappa shape index (κ3) is 15.1. The summed E-state index contributed by atoms with van der Waals surface area (Å²) in [7, 11) is 2.15. The summed E-state index contributed by atoms with van der Waals surface area (Å²) in [6.45, 7) is 19.1. The second-order valence-corrected chi connectivity index (χ2v) is 14.8. The molecular formula is C61H66N2. The van der Waals surface area contributed by atoms with Gasteiger partial charge in [0, 0.05) is 29.7 Å². The summed E-state index contributed by atoms with van der Waals surface area (Å²) in [5, 5.41) is 0. The second kappa shape index (κ2) is 27.0. The first-order valence-electron chi connectivity index (χ1n) is 22.2. The molecule has 0 amide bonds. The van der Waals surface area contributed by atoms with E-state index in [0.29, 0.717) is 0 Å². The molecule has 0 aromatic heterocycles. The number of hydrogen-bond donors (Lipinski definition) is 0. The molecule has 0 N–H and O–H groups in total. The van der Waals surface area contributed by atoms with Crippen LogP contribution in [0.25, 0.3) is 27.8 Å². The summed E-state index contributed by atoms with van der Waals surface area (Å²) in [5.74, 6) is 0. The minimum atomic E-state index is 0.838. The van der Waals surface area contributed by atoms with Crippen molar-refractivity contribution in [2.75, 3.05) is 11.9 Å². The number of para-hydroxylation sites is 1. The fourth-order valence-electron chi connectivity index (χ4n) is 7.08. The van der Waals surface area contributed by atoms with Gasteiger partial charge in [0.2, 0.25) is 0 Å². The molecule has 0 spiro atoms. The van der Waals surface area contributed by atoms with Gasteiger partial charge in [0.15, 0.2) is 0 Å². The fourth-order valence-corrected chi connectivity index (χ4v) is 7.08. The Hall–Kier alpha value is -7.03. The first-order chi connectivity index (χ1) is 30.8. The van der Waals surface area contributed by atoms with E-state index in [0.717, 1.165) is 41.9 Å². The van der Waals surface area contributed by atoms with Crippen molar-refractivity contribution in [1.29, 1.82) is 0 Å². The minimum Gasteiger partial charge on any atom is -0.344 e. The fraction of sp³-hybridized carbons (Fsp3) is 0.164. The van der Waals surface area contributed by atoms with Crippen LogP contribution in [0.4, 0.5) is 11.4 Å². The molecule has 6 aromatic rings. The molecule has 1 aliphatic rings. The minimum absolute atomic E-state index is 0.838. The number of hydrogen-bond acceptors (Lipinski definition) is 2. The lowest BCUT2D eigenvalue weighted by Gasteiger charge is -2.23. The lowest BCUT2D eigenvalue weighted by Crippen LogP contribution is -2.10. The van der Waals surface area contributed by atoms with Gasteiger partial charge in [-0.1, -0.05) is 221 Å². The first kappa shape index (κ1) is 48.6. The number of aryl methyl sites for hydroxylation is 1. The Bertz CT molecular complexity index is 2470. The quantitative estimate of drug-likeness (QED) is 0.0886. The Morgan fingerprint density at radius 1 is 0.651 bits per heavy atom. The van der Waals surface area contributed by atoms with Crippen LogP contribution in [0.5, 0.6) is 0 Å². The van der Waals surface area contributed by atoms with Crippen molar-refractivity contribution >= 4 is 22.7 Å². The average molecular weight is 827 g/mol. The lowest BCUT2D eigenvalue weighted by molar-refractivity contribution is 1.03. The molecule has 0 heterocycles. The standard InChI is InChI=1S/C49H44N2.2C5H8.C2H6/c1-36-14-12-20-44(34-36)47-22-10-11-23-49(47)51(3)46-31-29-41(30-32-46)40-25-27-42(28-26-40)43-19-13-21-45(35-43)48(33-24-38-15-6-4-7-16-38)50-37(2)39-17-8-5-9-18-39;2*1-3-5-4-2;1-2/h4-12,14-18,20-23,25-35H,13,19,24H2,1-3H3;2*3-5H,1H2,2H3;1-2H3/b48-33-,50-37?;2*5-4-;.